The summed E-state index contributed by atoms with van der Waals surface area (Å²) in [4.78, 5) is 22.3. The van der Waals surface area contributed by atoms with E-state index in [9.17, 15) is 9.59 Å². The van der Waals surface area contributed by atoms with Gasteiger partial charge in [-0.05, 0) is 31.6 Å². The molecule has 1 saturated carbocycles. The van der Waals surface area contributed by atoms with Crippen LogP contribution in [-0.2, 0) is 9.59 Å². The van der Waals surface area contributed by atoms with Crippen molar-refractivity contribution in [3.63, 3.8) is 0 Å². The molecule has 0 radical (unpaired) electrons. The van der Waals surface area contributed by atoms with E-state index in [0.29, 0.717) is 24.3 Å². The summed E-state index contributed by atoms with van der Waals surface area (Å²) in [6, 6.07) is 0.309. The number of carbonyl (C=O) groups excluding carboxylic acids is 2. The number of hydrogen-bond acceptors (Lipinski definition) is 2. The lowest BCUT2D eigenvalue weighted by atomic mass is 9.75. The molecule has 0 aromatic carbocycles. The largest absolute Gasteiger partial charge is 0.353 e. The van der Waals surface area contributed by atoms with Gasteiger partial charge in [0.15, 0.2) is 0 Å². The minimum atomic E-state index is 0.0258. The van der Waals surface area contributed by atoms with E-state index >= 15 is 0 Å². The maximum Gasteiger partial charge on any atom is 0.220 e. The zero-order valence-corrected chi connectivity index (χ0v) is 10.6. The third-order valence-electron chi connectivity index (χ3n) is 3.27. The normalized spacial score (nSPS) is 23.8. The fraction of sp³-hybridized carbons (Fsp3) is 0.846. The van der Waals surface area contributed by atoms with Crippen molar-refractivity contribution in [2.24, 2.45) is 5.41 Å². The number of Topliss-reactive ketones (excluding diaryl/α,β-unsaturated/α-hetero) is 1. The maximum atomic E-state index is 11.6. The molecule has 0 bridgehead atoms. The molecule has 1 amide bonds. The smallest absolute Gasteiger partial charge is 0.220 e. The van der Waals surface area contributed by atoms with Crippen LogP contribution < -0.4 is 5.32 Å². The van der Waals surface area contributed by atoms with E-state index < -0.39 is 0 Å². The Balaban J connectivity index is 2.31. The topological polar surface area (TPSA) is 46.2 Å². The second kappa shape index (κ2) is 5.46. The van der Waals surface area contributed by atoms with Crippen molar-refractivity contribution >= 4 is 11.7 Å². The summed E-state index contributed by atoms with van der Waals surface area (Å²) in [5.41, 5.74) is 0.344. The first-order valence-electron chi connectivity index (χ1n) is 6.18. The second-order valence-corrected chi connectivity index (χ2v) is 5.73. The van der Waals surface area contributed by atoms with Crippen LogP contribution in [0.4, 0.5) is 0 Å². The molecule has 1 unspecified atom stereocenters. The van der Waals surface area contributed by atoms with E-state index in [0.717, 1.165) is 12.8 Å². The van der Waals surface area contributed by atoms with Crippen LogP contribution in [0, 0.1) is 5.41 Å². The summed E-state index contributed by atoms with van der Waals surface area (Å²) in [7, 11) is 0. The van der Waals surface area contributed by atoms with Gasteiger partial charge in [-0.1, -0.05) is 20.3 Å². The molecule has 0 aliphatic heterocycles. The number of ketones is 1. The lowest BCUT2D eigenvalue weighted by Crippen LogP contribution is -2.40. The standard InChI is InChI=1S/C13H23NO2/c1-10(15)6-7-12(16)14-11-5-4-8-13(2,3)9-11/h11H,4-9H2,1-3H3,(H,14,16). The molecule has 92 valence electrons. The van der Waals surface area contributed by atoms with Crippen molar-refractivity contribution in [2.75, 3.05) is 0 Å². The SMILES string of the molecule is CC(=O)CCC(=O)NC1CCCC(C)(C)C1. The van der Waals surface area contributed by atoms with Crippen LogP contribution in [0.15, 0.2) is 0 Å². The molecular formula is C13H23NO2. The van der Waals surface area contributed by atoms with Gasteiger partial charge in [-0.15, -0.1) is 0 Å². The molecule has 1 atom stereocenters. The highest BCUT2D eigenvalue weighted by Crippen LogP contribution is 2.35. The Bertz CT molecular complexity index is 271. The second-order valence-electron chi connectivity index (χ2n) is 5.73. The van der Waals surface area contributed by atoms with Gasteiger partial charge in [0, 0.05) is 18.9 Å². The van der Waals surface area contributed by atoms with Gasteiger partial charge in [0.25, 0.3) is 0 Å². The molecule has 0 aromatic rings. The van der Waals surface area contributed by atoms with E-state index in [4.69, 9.17) is 0 Å². The van der Waals surface area contributed by atoms with Crippen molar-refractivity contribution < 1.29 is 9.59 Å². The maximum absolute atomic E-state index is 11.6. The zero-order valence-electron chi connectivity index (χ0n) is 10.6. The van der Waals surface area contributed by atoms with Crippen molar-refractivity contribution in [3.05, 3.63) is 0 Å². The Morgan fingerprint density at radius 2 is 2.00 bits per heavy atom. The van der Waals surface area contributed by atoms with Crippen molar-refractivity contribution in [3.8, 4) is 0 Å². The highest BCUT2D eigenvalue weighted by Gasteiger charge is 2.28. The molecular weight excluding hydrogens is 202 g/mol. The zero-order chi connectivity index (χ0) is 12.2. The lowest BCUT2D eigenvalue weighted by Gasteiger charge is -2.35. The van der Waals surface area contributed by atoms with E-state index in [1.165, 1.54) is 19.8 Å². The molecule has 0 aromatic heterocycles. The van der Waals surface area contributed by atoms with Crippen LogP contribution in [0.2, 0.25) is 0 Å². The van der Waals surface area contributed by atoms with Crippen molar-refractivity contribution in [1.82, 2.24) is 5.32 Å². The van der Waals surface area contributed by atoms with Crippen LogP contribution in [0.5, 0.6) is 0 Å². The van der Waals surface area contributed by atoms with Gasteiger partial charge in [-0.3, -0.25) is 4.79 Å². The Labute approximate surface area is 98.0 Å². The Morgan fingerprint density at radius 1 is 1.31 bits per heavy atom. The van der Waals surface area contributed by atoms with Crippen LogP contribution >= 0.6 is 0 Å². The highest BCUT2D eigenvalue weighted by molar-refractivity contribution is 5.83. The minimum Gasteiger partial charge on any atom is -0.353 e. The third-order valence-corrected chi connectivity index (χ3v) is 3.27. The Hall–Kier alpha value is -0.860. The summed E-state index contributed by atoms with van der Waals surface area (Å²) in [5.74, 6) is 0.108. The van der Waals surface area contributed by atoms with Gasteiger partial charge < -0.3 is 10.1 Å². The Morgan fingerprint density at radius 3 is 2.56 bits per heavy atom. The first-order valence-corrected chi connectivity index (χ1v) is 6.18. The van der Waals surface area contributed by atoms with Crippen LogP contribution in [0.25, 0.3) is 0 Å². The van der Waals surface area contributed by atoms with Gasteiger partial charge in [-0.25, -0.2) is 0 Å². The summed E-state index contributed by atoms with van der Waals surface area (Å²) in [6.45, 7) is 6.03. The first kappa shape index (κ1) is 13.2. The Kier molecular flexibility index (Phi) is 4.51. The van der Waals surface area contributed by atoms with Gasteiger partial charge in [0.05, 0.1) is 0 Å². The summed E-state index contributed by atoms with van der Waals surface area (Å²) >= 11 is 0. The predicted molar refractivity (Wildman–Crippen MR) is 64.1 cm³/mol. The van der Waals surface area contributed by atoms with Crippen molar-refractivity contribution in [2.45, 2.75) is 65.3 Å². The number of amides is 1. The fourth-order valence-electron chi connectivity index (χ4n) is 2.41. The van der Waals surface area contributed by atoms with Gasteiger partial charge in [0.2, 0.25) is 5.91 Å². The molecule has 1 fully saturated rings. The molecule has 1 aliphatic rings. The quantitative estimate of drug-likeness (QED) is 0.798. The van der Waals surface area contributed by atoms with E-state index in [1.807, 2.05) is 0 Å². The fourth-order valence-corrected chi connectivity index (χ4v) is 2.41. The number of carbonyl (C=O) groups is 2. The average Bonchev–Trinajstić information content (AvgIpc) is 2.13. The molecule has 1 aliphatic carbocycles. The van der Waals surface area contributed by atoms with E-state index in [1.54, 1.807) is 0 Å². The predicted octanol–water partition coefficient (Wildman–Crippen LogP) is 2.44. The molecule has 0 saturated heterocycles. The van der Waals surface area contributed by atoms with Crippen LogP contribution in [0.1, 0.15) is 59.3 Å². The monoisotopic (exact) mass is 225 g/mol. The molecule has 16 heavy (non-hydrogen) atoms. The first-order chi connectivity index (χ1) is 7.39. The minimum absolute atomic E-state index is 0.0258. The average molecular weight is 225 g/mol. The van der Waals surface area contributed by atoms with Gasteiger partial charge in [-0.2, -0.15) is 0 Å². The third kappa shape index (κ3) is 4.77. The molecule has 0 spiro atoms. The summed E-state index contributed by atoms with van der Waals surface area (Å²) < 4.78 is 0. The number of hydrogen-bond donors (Lipinski definition) is 1. The number of rotatable bonds is 4. The van der Waals surface area contributed by atoms with Crippen LogP contribution in [-0.4, -0.2) is 17.7 Å². The summed E-state index contributed by atoms with van der Waals surface area (Å²) in [6.07, 6.45) is 5.26. The highest BCUT2D eigenvalue weighted by atomic mass is 16.2. The van der Waals surface area contributed by atoms with E-state index in [2.05, 4.69) is 19.2 Å². The number of nitrogens with one attached hydrogen (secondary N) is 1. The molecule has 3 nitrogen and oxygen atoms in total. The van der Waals surface area contributed by atoms with Crippen molar-refractivity contribution in [1.29, 1.82) is 0 Å². The molecule has 3 heteroatoms. The van der Waals surface area contributed by atoms with Crippen LogP contribution in [0.3, 0.4) is 0 Å². The molecule has 1 rings (SSSR count). The molecule has 1 N–H and O–H groups in total. The van der Waals surface area contributed by atoms with Gasteiger partial charge >= 0.3 is 0 Å². The van der Waals surface area contributed by atoms with E-state index in [-0.39, 0.29) is 11.7 Å². The van der Waals surface area contributed by atoms with Gasteiger partial charge in [0.1, 0.15) is 5.78 Å². The molecule has 0 heterocycles. The lowest BCUT2D eigenvalue weighted by molar-refractivity contribution is -0.125. The summed E-state index contributed by atoms with van der Waals surface area (Å²) in [5, 5.41) is 3.04.